The Bertz CT molecular complexity index is 531. The average molecular weight is 315 g/mol. The minimum absolute atomic E-state index is 0.210. The molecular weight excluding hydrogens is 303 g/mol. The highest BCUT2D eigenvalue weighted by Crippen LogP contribution is 2.29. The molecule has 1 N–H and O–H groups in total. The van der Waals surface area contributed by atoms with E-state index in [0.29, 0.717) is 0 Å². The maximum atomic E-state index is 12.2. The van der Waals surface area contributed by atoms with Gasteiger partial charge in [-0.3, -0.25) is 0 Å². The Balaban J connectivity index is 3.13. The van der Waals surface area contributed by atoms with Gasteiger partial charge >= 0.3 is 6.36 Å². The number of hydrogen-bond donors (Lipinski definition) is 2. The third kappa shape index (κ3) is 4.92. The molecule has 0 bridgehead atoms. The van der Waals surface area contributed by atoms with Gasteiger partial charge in [0, 0.05) is 11.8 Å². The second-order valence-electron chi connectivity index (χ2n) is 3.70. The molecule has 1 rings (SSSR count). The minimum atomic E-state index is -4.96. The number of para-hydroxylation sites is 1. The first kappa shape index (κ1) is 16.1. The van der Waals surface area contributed by atoms with Crippen LogP contribution in [0.1, 0.15) is 6.92 Å². The summed E-state index contributed by atoms with van der Waals surface area (Å²) in [7, 11) is -4.10. The van der Waals surface area contributed by atoms with Crippen LogP contribution in [0.5, 0.6) is 5.75 Å². The Labute approximate surface area is 114 Å². The number of alkyl halides is 3. The molecular formula is C10H12F3NO3S2. The summed E-state index contributed by atoms with van der Waals surface area (Å²) in [5.41, 5.74) is 0. The van der Waals surface area contributed by atoms with Crippen LogP contribution in [0.3, 0.4) is 0 Å². The number of benzene rings is 1. The smallest absolute Gasteiger partial charge is 0.404 e. The van der Waals surface area contributed by atoms with Crippen molar-refractivity contribution in [2.75, 3.05) is 5.75 Å². The molecule has 0 aliphatic heterocycles. The summed E-state index contributed by atoms with van der Waals surface area (Å²) >= 11 is 3.90. The molecule has 0 aromatic heterocycles. The number of ether oxygens (including phenoxy) is 1. The lowest BCUT2D eigenvalue weighted by molar-refractivity contribution is -0.275. The lowest BCUT2D eigenvalue weighted by Gasteiger charge is -2.16. The molecule has 19 heavy (non-hydrogen) atoms. The van der Waals surface area contributed by atoms with E-state index in [4.69, 9.17) is 0 Å². The highest BCUT2D eigenvalue weighted by Gasteiger charge is 2.34. The molecule has 9 heteroatoms. The summed E-state index contributed by atoms with van der Waals surface area (Å²) < 4.78 is 66.3. The molecule has 0 heterocycles. The number of hydrogen-bond acceptors (Lipinski definition) is 4. The number of halogens is 3. The van der Waals surface area contributed by atoms with Crippen molar-refractivity contribution in [2.24, 2.45) is 0 Å². The zero-order valence-corrected chi connectivity index (χ0v) is 11.5. The first-order valence-electron chi connectivity index (χ1n) is 5.13. The topological polar surface area (TPSA) is 55.4 Å². The predicted molar refractivity (Wildman–Crippen MR) is 66.8 cm³/mol. The second-order valence-corrected chi connectivity index (χ2v) is 5.75. The normalized spacial score (nSPS) is 14.2. The van der Waals surface area contributed by atoms with Gasteiger partial charge in [-0.15, -0.1) is 13.2 Å². The minimum Gasteiger partial charge on any atom is -0.404 e. The Morgan fingerprint density at radius 1 is 1.37 bits per heavy atom. The van der Waals surface area contributed by atoms with E-state index in [1.54, 1.807) is 0 Å². The van der Waals surface area contributed by atoms with E-state index in [0.717, 1.165) is 12.1 Å². The predicted octanol–water partition coefficient (Wildman–Crippen LogP) is 2.18. The van der Waals surface area contributed by atoms with Gasteiger partial charge in [-0.2, -0.15) is 12.6 Å². The summed E-state index contributed by atoms with van der Waals surface area (Å²) in [4.78, 5) is -0.569. The number of nitrogens with one attached hydrogen (secondary N) is 1. The van der Waals surface area contributed by atoms with Gasteiger partial charge in [0.2, 0.25) is 10.0 Å². The standard InChI is InChI=1S/C10H12F3NO3S2/c1-7(6-18)14-19(15,16)9-5-3-2-4-8(9)17-10(11,12)13/h2-5,7,14,18H,6H2,1H3/t7-/m1/s1. The van der Waals surface area contributed by atoms with Crippen LogP contribution >= 0.6 is 12.6 Å². The van der Waals surface area contributed by atoms with Crippen molar-refractivity contribution in [3.63, 3.8) is 0 Å². The summed E-state index contributed by atoms with van der Waals surface area (Å²) in [6, 6.07) is 4.01. The third-order valence-corrected chi connectivity index (χ3v) is 4.17. The lowest BCUT2D eigenvalue weighted by Crippen LogP contribution is -2.34. The molecule has 0 unspecified atom stereocenters. The average Bonchev–Trinajstić information content (AvgIpc) is 2.26. The molecule has 0 amide bonds. The highest BCUT2D eigenvalue weighted by molar-refractivity contribution is 7.89. The first-order chi connectivity index (χ1) is 8.65. The van der Waals surface area contributed by atoms with E-state index in [1.807, 2.05) is 0 Å². The van der Waals surface area contributed by atoms with Crippen LogP contribution in [-0.4, -0.2) is 26.6 Å². The molecule has 0 radical (unpaired) electrons. The maximum Gasteiger partial charge on any atom is 0.573 e. The van der Waals surface area contributed by atoms with Crippen molar-refractivity contribution in [1.29, 1.82) is 0 Å². The van der Waals surface area contributed by atoms with E-state index < -0.39 is 33.1 Å². The van der Waals surface area contributed by atoms with Crippen molar-refractivity contribution < 1.29 is 26.3 Å². The van der Waals surface area contributed by atoms with Gasteiger partial charge in [-0.25, -0.2) is 13.1 Å². The van der Waals surface area contributed by atoms with E-state index in [9.17, 15) is 21.6 Å². The fourth-order valence-electron chi connectivity index (χ4n) is 1.25. The van der Waals surface area contributed by atoms with Gasteiger partial charge in [0.05, 0.1) is 0 Å². The van der Waals surface area contributed by atoms with Crippen molar-refractivity contribution in [2.45, 2.75) is 24.2 Å². The quantitative estimate of drug-likeness (QED) is 0.819. The van der Waals surface area contributed by atoms with E-state index >= 15 is 0 Å². The maximum absolute atomic E-state index is 12.2. The molecule has 1 aromatic rings. The van der Waals surface area contributed by atoms with Crippen molar-refractivity contribution in [1.82, 2.24) is 4.72 Å². The largest absolute Gasteiger partial charge is 0.573 e. The van der Waals surface area contributed by atoms with Crippen molar-refractivity contribution in [3.05, 3.63) is 24.3 Å². The fourth-order valence-corrected chi connectivity index (χ4v) is 2.83. The zero-order chi connectivity index (χ0) is 14.7. The van der Waals surface area contributed by atoms with Crippen LogP contribution in [0.25, 0.3) is 0 Å². The summed E-state index contributed by atoms with van der Waals surface area (Å²) in [5.74, 6) is -0.560. The SMILES string of the molecule is C[C@H](CS)NS(=O)(=O)c1ccccc1OC(F)(F)F. The fraction of sp³-hybridized carbons (Fsp3) is 0.400. The summed E-state index contributed by atoms with van der Waals surface area (Å²) in [6.07, 6.45) is -4.96. The molecule has 0 fully saturated rings. The van der Waals surface area contributed by atoms with Gasteiger partial charge in [0.15, 0.2) is 0 Å². The summed E-state index contributed by atoms with van der Waals surface area (Å²) in [5, 5.41) is 0. The Morgan fingerprint density at radius 3 is 2.47 bits per heavy atom. The number of sulfonamides is 1. The first-order valence-corrected chi connectivity index (χ1v) is 7.25. The molecule has 1 aromatic carbocycles. The van der Waals surface area contributed by atoms with Crippen LogP contribution in [-0.2, 0) is 10.0 Å². The summed E-state index contributed by atoms with van der Waals surface area (Å²) in [6.45, 7) is 1.54. The Hall–Kier alpha value is -0.930. The number of rotatable bonds is 5. The Morgan fingerprint density at radius 2 is 1.95 bits per heavy atom. The number of thiol groups is 1. The van der Waals surface area contributed by atoms with Gasteiger partial charge in [-0.1, -0.05) is 12.1 Å². The van der Waals surface area contributed by atoms with Gasteiger partial charge in [0.1, 0.15) is 10.6 Å². The van der Waals surface area contributed by atoms with E-state index in [-0.39, 0.29) is 5.75 Å². The molecule has 1 atom stereocenters. The van der Waals surface area contributed by atoms with Crippen LogP contribution in [0.4, 0.5) is 13.2 Å². The zero-order valence-electron chi connectivity index (χ0n) is 9.81. The van der Waals surface area contributed by atoms with Gasteiger partial charge < -0.3 is 4.74 Å². The second kappa shape index (κ2) is 6.02. The lowest BCUT2D eigenvalue weighted by atomic mass is 10.3. The molecule has 0 spiro atoms. The molecule has 0 aliphatic carbocycles. The third-order valence-electron chi connectivity index (χ3n) is 1.99. The van der Waals surface area contributed by atoms with Gasteiger partial charge in [0.25, 0.3) is 0 Å². The molecule has 0 aliphatic rings. The van der Waals surface area contributed by atoms with Crippen LogP contribution in [0, 0.1) is 0 Å². The van der Waals surface area contributed by atoms with E-state index in [1.165, 1.54) is 19.1 Å². The highest BCUT2D eigenvalue weighted by atomic mass is 32.2. The van der Waals surface area contributed by atoms with E-state index in [2.05, 4.69) is 22.1 Å². The van der Waals surface area contributed by atoms with Crippen LogP contribution in [0.2, 0.25) is 0 Å². The monoisotopic (exact) mass is 315 g/mol. The van der Waals surface area contributed by atoms with Crippen LogP contribution < -0.4 is 9.46 Å². The molecule has 4 nitrogen and oxygen atoms in total. The molecule has 0 saturated heterocycles. The molecule has 108 valence electrons. The Kier molecular flexibility index (Phi) is 5.11. The van der Waals surface area contributed by atoms with Crippen molar-refractivity contribution >= 4 is 22.7 Å². The van der Waals surface area contributed by atoms with Gasteiger partial charge in [-0.05, 0) is 19.1 Å². The van der Waals surface area contributed by atoms with Crippen LogP contribution in [0.15, 0.2) is 29.2 Å². The molecule has 0 saturated carbocycles. The van der Waals surface area contributed by atoms with Crippen molar-refractivity contribution in [3.8, 4) is 5.75 Å².